The van der Waals surface area contributed by atoms with Crippen molar-refractivity contribution in [3.05, 3.63) is 70.3 Å². The van der Waals surface area contributed by atoms with Gasteiger partial charge in [-0.2, -0.15) is 10.2 Å². The van der Waals surface area contributed by atoms with E-state index < -0.39 is 5.91 Å². The zero-order valence-corrected chi connectivity index (χ0v) is 18.7. The molecule has 1 fully saturated rings. The molecule has 1 amide bonds. The molecule has 0 unspecified atom stereocenters. The smallest absolute Gasteiger partial charge is 0.276 e. The number of carbonyl (C=O) groups excluding carboxylic acids is 1. The van der Waals surface area contributed by atoms with Crippen molar-refractivity contribution in [2.24, 2.45) is 0 Å². The molecule has 4 N–H and O–H groups in total. The predicted molar refractivity (Wildman–Crippen MR) is 130 cm³/mol. The highest BCUT2D eigenvalue weighted by Gasteiger charge is 2.19. The van der Waals surface area contributed by atoms with Gasteiger partial charge in [0.05, 0.1) is 35.3 Å². The number of aromatic nitrogens is 6. The molecule has 11 heteroatoms. The number of nitrogens with one attached hydrogen (secondary N) is 4. The molecular weight excluding hydrogens is 448 g/mol. The summed E-state index contributed by atoms with van der Waals surface area (Å²) in [5, 5.41) is 17.1. The second kappa shape index (κ2) is 8.78. The van der Waals surface area contributed by atoms with Crippen molar-refractivity contribution < 1.29 is 9.53 Å². The number of carbonyl (C=O) groups is 1. The lowest BCUT2D eigenvalue weighted by Gasteiger charge is -2.26. The number of benzene rings is 2. The Morgan fingerprint density at radius 3 is 2.77 bits per heavy atom. The Morgan fingerprint density at radius 2 is 1.91 bits per heavy atom. The normalized spacial score (nSPS) is 14.5. The fraction of sp³-hybridized carbons (Fsp3) is 0.208. The first-order chi connectivity index (χ1) is 17.2. The van der Waals surface area contributed by atoms with E-state index in [9.17, 15) is 9.59 Å². The maximum atomic E-state index is 13.0. The average Bonchev–Trinajstić information content (AvgIpc) is 3.51. The molecule has 0 spiro atoms. The number of H-pyrrole nitrogens is 3. The molecule has 1 aliphatic heterocycles. The minimum Gasteiger partial charge on any atom is -0.379 e. The van der Waals surface area contributed by atoms with Crippen molar-refractivity contribution in [3.8, 4) is 11.5 Å². The van der Waals surface area contributed by atoms with Gasteiger partial charge in [0.15, 0.2) is 17.2 Å². The number of nitrogens with zero attached hydrogens (tertiary/aromatic N) is 4. The molecule has 0 saturated carbocycles. The van der Waals surface area contributed by atoms with Crippen molar-refractivity contribution in [3.63, 3.8) is 0 Å². The van der Waals surface area contributed by atoms with Gasteiger partial charge in [-0.15, -0.1) is 0 Å². The van der Waals surface area contributed by atoms with Gasteiger partial charge >= 0.3 is 0 Å². The Kier molecular flexibility index (Phi) is 5.32. The van der Waals surface area contributed by atoms with Crippen LogP contribution in [-0.2, 0) is 11.3 Å². The van der Waals surface area contributed by atoms with Gasteiger partial charge in [-0.05, 0) is 23.8 Å². The van der Waals surface area contributed by atoms with Gasteiger partial charge in [-0.1, -0.05) is 24.3 Å². The summed E-state index contributed by atoms with van der Waals surface area (Å²) in [4.78, 5) is 35.4. The molecule has 6 rings (SSSR count). The summed E-state index contributed by atoms with van der Waals surface area (Å²) in [5.74, 6) is 0.0587. The SMILES string of the molecule is O=C(Nc1c[nH]nc1-c1nc2cc(CN3CCOCC3)ccc2[nH]1)c1n[nH]c(=O)c2ccccc12. The zero-order chi connectivity index (χ0) is 23.8. The highest BCUT2D eigenvalue weighted by Crippen LogP contribution is 2.27. The van der Waals surface area contributed by atoms with Crippen LogP contribution in [0.4, 0.5) is 5.69 Å². The van der Waals surface area contributed by atoms with Gasteiger partial charge in [0.2, 0.25) is 0 Å². The first kappa shape index (κ1) is 21.2. The number of hydrogen-bond donors (Lipinski definition) is 4. The number of anilines is 1. The first-order valence-corrected chi connectivity index (χ1v) is 11.3. The molecule has 11 nitrogen and oxygen atoms in total. The number of amides is 1. The van der Waals surface area contributed by atoms with Gasteiger partial charge in [-0.25, -0.2) is 10.1 Å². The molecule has 0 bridgehead atoms. The van der Waals surface area contributed by atoms with Crippen LogP contribution in [0.25, 0.3) is 33.3 Å². The summed E-state index contributed by atoms with van der Waals surface area (Å²) in [6.07, 6.45) is 1.58. The third-order valence-electron chi connectivity index (χ3n) is 6.08. The van der Waals surface area contributed by atoms with E-state index in [4.69, 9.17) is 9.72 Å². The van der Waals surface area contributed by atoms with Crippen LogP contribution >= 0.6 is 0 Å². The lowest BCUT2D eigenvalue weighted by Crippen LogP contribution is -2.35. The van der Waals surface area contributed by atoms with Crippen molar-refractivity contribution in [2.45, 2.75) is 6.54 Å². The highest BCUT2D eigenvalue weighted by atomic mass is 16.5. The topological polar surface area (TPSA) is 145 Å². The fourth-order valence-corrected chi connectivity index (χ4v) is 4.31. The van der Waals surface area contributed by atoms with Crippen LogP contribution in [0.3, 0.4) is 0 Å². The lowest BCUT2D eigenvalue weighted by atomic mass is 10.1. The summed E-state index contributed by atoms with van der Waals surface area (Å²) in [6.45, 7) is 4.18. The second-order valence-electron chi connectivity index (χ2n) is 8.37. The minimum absolute atomic E-state index is 0.115. The largest absolute Gasteiger partial charge is 0.379 e. The highest BCUT2D eigenvalue weighted by molar-refractivity contribution is 6.11. The van der Waals surface area contributed by atoms with E-state index in [0.29, 0.717) is 28.0 Å². The van der Waals surface area contributed by atoms with E-state index in [1.54, 1.807) is 30.5 Å². The number of ether oxygens (including phenoxy) is 1. The zero-order valence-electron chi connectivity index (χ0n) is 18.7. The van der Waals surface area contributed by atoms with Gasteiger partial charge in [-0.3, -0.25) is 19.6 Å². The summed E-state index contributed by atoms with van der Waals surface area (Å²) < 4.78 is 5.43. The van der Waals surface area contributed by atoms with E-state index in [1.165, 1.54) is 5.56 Å². The quantitative estimate of drug-likeness (QED) is 0.308. The Morgan fingerprint density at radius 1 is 1.09 bits per heavy atom. The van der Waals surface area contributed by atoms with Gasteiger partial charge in [0, 0.05) is 31.2 Å². The van der Waals surface area contributed by atoms with Gasteiger partial charge in [0.1, 0.15) is 0 Å². The van der Waals surface area contributed by atoms with Crippen molar-refractivity contribution in [2.75, 3.05) is 31.6 Å². The third-order valence-corrected chi connectivity index (χ3v) is 6.08. The van der Waals surface area contributed by atoms with E-state index in [0.717, 1.165) is 43.9 Å². The van der Waals surface area contributed by atoms with Crippen LogP contribution in [0.5, 0.6) is 0 Å². The fourth-order valence-electron chi connectivity index (χ4n) is 4.31. The molecule has 35 heavy (non-hydrogen) atoms. The Bertz CT molecular complexity index is 1600. The van der Waals surface area contributed by atoms with Gasteiger partial charge in [0.25, 0.3) is 11.5 Å². The molecule has 1 saturated heterocycles. The standard InChI is InChI=1S/C24H22N8O3/c33-23-16-4-2-1-3-15(16)20(30-31-23)24(34)28-19-12-25-29-21(19)22-26-17-6-5-14(11-18(17)27-22)13-32-7-9-35-10-8-32/h1-6,11-12H,7-10,13H2,(H,25,29)(H,26,27)(H,28,34)(H,31,33). The van der Waals surface area contributed by atoms with E-state index in [-0.39, 0.29) is 11.3 Å². The Balaban J connectivity index is 1.27. The molecule has 4 heterocycles. The summed E-state index contributed by atoms with van der Waals surface area (Å²) in [6, 6.07) is 13.0. The molecule has 0 atom stereocenters. The molecule has 0 radical (unpaired) electrons. The molecule has 176 valence electrons. The number of aromatic amines is 3. The maximum absolute atomic E-state index is 13.0. The van der Waals surface area contributed by atoms with Crippen molar-refractivity contribution in [1.29, 1.82) is 0 Å². The lowest BCUT2D eigenvalue weighted by molar-refractivity contribution is 0.0342. The number of imidazole rings is 1. The van der Waals surface area contributed by atoms with Crippen LogP contribution in [0.15, 0.2) is 53.5 Å². The second-order valence-corrected chi connectivity index (χ2v) is 8.37. The maximum Gasteiger partial charge on any atom is 0.276 e. The average molecular weight is 470 g/mol. The monoisotopic (exact) mass is 470 g/mol. The third kappa shape index (κ3) is 4.07. The van der Waals surface area contributed by atoms with Crippen LogP contribution < -0.4 is 10.9 Å². The van der Waals surface area contributed by atoms with Crippen LogP contribution in [0.2, 0.25) is 0 Å². The van der Waals surface area contributed by atoms with Crippen LogP contribution in [0, 0.1) is 0 Å². The minimum atomic E-state index is -0.469. The molecule has 0 aliphatic carbocycles. The van der Waals surface area contributed by atoms with E-state index in [1.807, 2.05) is 6.07 Å². The molecule has 3 aromatic heterocycles. The van der Waals surface area contributed by atoms with E-state index in [2.05, 4.69) is 47.7 Å². The Labute approximate surface area is 198 Å². The van der Waals surface area contributed by atoms with Gasteiger partial charge < -0.3 is 15.0 Å². The van der Waals surface area contributed by atoms with E-state index >= 15 is 0 Å². The van der Waals surface area contributed by atoms with Crippen molar-refractivity contribution >= 4 is 33.4 Å². The summed E-state index contributed by atoms with van der Waals surface area (Å²) >= 11 is 0. The summed E-state index contributed by atoms with van der Waals surface area (Å²) in [7, 11) is 0. The molecule has 1 aliphatic rings. The number of hydrogen-bond acceptors (Lipinski definition) is 7. The first-order valence-electron chi connectivity index (χ1n) is 11.3. The molecular formula is C24H22N8O3. The number of morpholine rings is 1. The van der Waals surface area contributed by atoms with Crippen LogP contribution in [-0.4, -0.2) is 67.5 Å². The summed E-state index contributed by atoms with van der Waals surface area (Å²) in [5.41, 5.74) is 3.54. The predicted octanol–water partition coefficient (Wildman–Crippen LogP) is 2.27. The molecule has 5 aromatic rings. The number of rotatable bonds is 5. The van der Waals surface area contributed by atoms with Crippen molar-refractivity contribution in [1.82, 2.24) is 35.3 Å². The number of fused-ring (bicyclic) bond motifs is 2. The Hall–Kier alpha value is -4.35. The van der Waals surface area contributed by atoms with Crippen LogP contribution in [0.1, 0.15) is 16.1 Å². The molecule has 2 aromatic carbocycles.